The molecule has 0 radical (unpaired) electrons. The zero-order valence-electron chi connectivity index (χ0n) is 9.04. The highest BCUT2D eigenvalue weighted by Gasteiger charge is 2.09. The van der Waals surface area contributed by atoms with E-state index in [1.807, 2.05) is 37.6 Å². The smallest absolute Gasteiger partial charge is 0.125 e. The van der Waals surface area contributed by atoms with Crippen LogP contribution in [0.25, 0.3) is 0 Å². The Kier molecular flexibility index (Phi) is 2.69. The largest absolute Gasteiger partial charge is 0.464 e. The zero-order valence-corrected chi connectivity index (χ0v) is 10.6. The Morgan fingerprint density at radius 3 is 2.53 bits per heavy atom. The van der Waals surface area contributed by atoms with E-state index in [0.29, 0.717) is 6.54 Å². The minimum absolute atomic E-state index is 0.687. The standard InChI is InChI=1S/C11H13BrN2O/c1-7-4-5-10(15-7)6-14-9(3)11(12)8(2)13-14/h4-5H,6H2,1-3H3. The maximum Gasteiger partial charge on any atom is 0.125 e. The van der Waals surface area contributed by atoms with Crippen LogP contribution in [0.15, 0.2) is 21.0 Å². The first kappa shape index (κ1) is 10.5. The van der Waals surface area contributed by atoms with E-state index < -0.39 is 0 Å². The molecule has 0 aliphatic carbocycles. The second-order valence-electron chi connectivity index (χ2n) is 3.65. The van der Waals surface area contributed by atoms with E-state index in [-0.39, 0.29) is 0 Å². The molecule has 0 atom stereocenters. The highest BCUT2D eigenvalue weighted by Crippen LogP contribution is 2.20. The number of nitrogens with zero attached hydrogens (tertiary/aromatic N) is 2. The van der Waals surface area contributed by atoms with Crippen LogP contribution in [0.5, 0.6) is 0 Å². The monoisotopic (exact) mass is 268 g/mol. The highest BCUT2D eigenvalue weighted by molar-refractivity contribution is 9.10. The average molecular weight is 269 g/mol. The second kappa shape index (κ2) is 3.85. The number of aromatic nitrogens is 2. The Labute approximate surface area is 97.2 Å². The van der Waals surface area contributed by atoms with Crippen LogP contribution >= 0.6 is 15.9 Å². The molecule has 0 saturated carbocycles. The van der Waals surface area contributed by atoms with E-state index in [1.165, 1.54) is 0 Å². The van der Waals surface area contributed by atoms with Gasteiger partial charge in [0.15, 0.2) is 0 Å². The van der Waals surface area contributed by atoms with E-state index in [4.69, 9.17) is 4.42 Å². The molecule has 4 heteroatoms. The molecule has 2 heterocycles. The maximum absolute atomic E-state index is 5.52. The quantitative estimate of drug-likeness (QED) is 0.838. The number of hydrogen-bond donors (Lipinski definition) is 0. The Morgan fingerprint density at radius 2 is 2.07 bits per heavy atom. The number of halogens is 1. The van der Waals surface area contributed by atoms with Gasteiger partial charge in [0.05, 0.1) is 22.4 Å². The average Bonchev–Trinajstić information content (AvgIpc) is 2.68. The summed E-state index contributed by atoms with van der Waals surface area (Å²) in [6, 6.07) is 3.95. The molecular formula is C11H13BrN2O. The van der Waals surface area contributed by atoms with Crippen LogP contribution < -0.4 is 0 Å². The lowest BCUT2D eigenvalue weighted by Gasteiger charge is -2.01. The van der Waals surface area contributed by atoms with Gasteiger partial charge in [-0.2, -0.15) is 5.10 Å². The van der Waals surface area contributed by atoms with E-state index in [0.717, 1.165) is 27.4 Å². The fourth-order valence-corrected chi connectivity index (χ4v) is 1.83. The first-order valence-electron chi connectivity index (χ1n) is 4.82. The van der Waals surface area contributed by atoms with Gasteiger partial charge in [-0.3, -0.25) is 4.68 Å². The molecule has 0 aromatic carbocycles. The van der Waals surface area contributed by atoms with Crippen molar-refractivity contribution in [2.24, 2.45) is 0 Å². The third kappa shape index (κ3) is 2.00. The molecule has 15 heavy (non-hydrogen) atoms. The van der Waals surface area contributed by atoms with Crippen LogP contribution in [0.4, 0.5) is 0 Å². The Morgan fingerprint density at radius 1 is 1.33 bits per heavy atom. The summed E-state index contributed by atoms with van der Waals surface area (Å²) in [6.07, 6.45) is 0. The van der Waals surface area contributed by atoms with E-state index in [9.17, 15) is 0 Å². The predicted octanol–water partition coefficient (Wildman–Crippen LogP) is 3.21. The molecule has 3 nitrogen and oxygen atoms in total. The van der Waals surface area contributed by atoms with Gasteiger partial charge < -0.3 is 4.42 Å². The van der Waals surface area contributed by atoms with Crippen LogP contribution in [0.1, 0.15) is 22.9 Å². The van der Waals surface area contributed by atoms with Crippen molar-refractivity contribution in [2.75, 3.05) is 0 Å². The van der Waals surface area contributed by atoms with Crippen molar-refractivity contribution < 1.29 is 4.42 Å². The lowest BCUT2D eigenvalue weighted by atomic mass is 10.4. The highest BCUT2D eigenvalue weighted by atomic mass is 79.9. The van der Waals surface area contributed by atoms with Gasteiger partial charge in [0.1, 0.15) is 11.5 Å². The van der Waals surface area contributed by atoms with Crippen molar-refractivity contribution in [3.05, 3.63) is 39.5 Å². The van der Waals surface area contributed by atoms with E-state index >= 15 is 0 Å². The maximum atomic E-state index is 5.52. The van der Waals surface area contributed by atoms with Crippen LogP contribution in [0.3, 0.4) is 0 Å². The fraction of sp³-hybridized carbons (Fsp3) is 0.364. The van der Waals surface area contributed by atoms with Crippen molar-refractivity contribution in [3.8, 4) is 0 Å². The zero-order chi connectivity index (χ0) is 11.0. The molecule has 2 rings (SSSR count). The van der Waals surface area contributed by atoms with Gasteiger partial charge in [-0.25, -0.2) is 0 Å². The first-order valence-corrected chi connectivity index (χ1v) is 5.62. The van der Waals surface area contributed by atoms with Crippen molar-refractivity contribution in [3.63, 3.8) is 0 Å². The fourth-order valence-electron chi connectivity index (χ4n) is 1.55. The second-order valence-corrected chi connectivity index (χ2v) is 4.45. The topological polar surface area (TPSA) is 31.0 Å². The number of hydrogen-bond acceptors (Lipinski definition) is 2. The van der Waals surface area contributed by atoms with E-state index in [2.05, 4.69) is 21.0 Å². The Bertz CT molecular complexity index is 485. The molecule has 0 fully saturated rings. The summed E-state index contributed by atoms with van der Waals surface area (Å²) in [7, 11) is 0. The number of rotatable bonds is 2. The SMILES string of the molecule is Cc1ccc(Cn2nc(C)c(Br)c2C)o1. The molecule has 0 bridgehead atoms. The molecule has 0 unspecified atom stereocenters. The lowest BCUT2D eigenvalue weighted by molar-refractivity contribution is 0.456. The molecule has 2 aromatic rings. The van der Waals surface area contributed by atoms with Gasteiger partial charge in [-0.05, 0) is 48.8 Å². The molecule has 80 valence electrons. The van der Waals surface area contributed by atoms with E-state index in [1.54, 1.807) is 0 Å². The molecule has 0 aliphatic heterocycles. The van der Waals surface area contributed by atoms with Gasteiger partial charge in [0.25, 0.3) is 0 Å². The molecular weight excluding hydrogens is 256 g/mol. The summed E-state index contributed by atoms with van der Waals surface area (Å²) in [5.74, 6) is 1.87. The summed E-state index contributed by atoms with van der Waals surface area (Å²) < 4.78 is 8.53. The summed E-state index contributed by atoms with van der Waals surface area (Å²) >= 11 is 3.50. The van der Waals surface area contributed by atoms with Crippen molar-refractivity contribution in [2.45, 2.75) is 27.3 Å². The van der Waals surface area contributed by atoms with Crippen LogP contribution in [0.2, 0.25) is 0 Å². The predicted molar refractivity (Wildman–Crippen MR) is 61.9 cm³/mol. The molecule has 0 amide bonds. The van der Waals surface area contributed by atoms with Gasteiger partial charge in [0, 0.05) is 0 Å². The van der Waals surface area contributed by atoms with Gasteiger partial charge in [-0.1, -0.05) is 0 Å². The van der Waals surface area contributed by atoms with Gasteiger partial charge in [0.2, 0.25) is 0 Å². The minimum Gasteiger partial charge on any atom is -0.464 e. The van der Waals surface area contributed by atoms with Crippen LogP contribution in [0, 0.1) is 20.8 Å². The van der Waals surface area contributed by atoms with Crippen molar-refractivity contribution in [1.29, 1.82) is 0 Å². The third-order valence-electron chi connectivity index (χ3n) is 2.39. The van der Waals surface area contributed by atoms with Gasteiger partial charge in [-0.15, -0.1) is 0 Å². The summed E-state index contributed by atoms with van der Waals surface area (Å²) in [5.41, 5.74) is 2.14. The van der Waals surface area contributed by atoms with Gasteiger partial charge >= 0.3 is 0 Å². The normalized spacial score (nSPS) is 10.9. The van der Waals surface area contributed by atoms with Crippen molar-refractivity contribution >= 4 is 15.9 Å². The summed E-state index contributed by atoms with van der Waals surface area (Å²) in [6.45, 7) is 6.66. The molecule has 0 saturated heterocycles. The Balaban J connectivity index is 2.28. The molecule has 2 aromatic heterocycles. The van der Waals surface area contributed by atoms with Crippen molar-refractivity contribution in [1.82, 2.24) is 9.78 Å². The lowest BCUT2D eigenvalue weighted by Crippen LogP contribution is -2.02. The van der Waals surface area contributed by atoms with Crippen LogP contribution in [-0.4, -0.2) is 9.78 Å². The Hall–Kier alpha value is -1.03. The first-order chi connectivity index (χ1) is 7.08. The third-order valence-corrected chi connectivity index (χ3v) is 3.54. The molecule has 0 N–H and O–H groups in total. The summed E-state index contributed by atoms with van der Waals surface area (Å²) in [5, 5.41) is 4.42. The van der Waals surface area contributed by atoms with Crippen LogP contribution in [-0.2, 0) is 6.54 Å². The minimum atomic E-state index is 0.687. The number of aryl methyl sites for hydroxylation is 2. The molecule has 0 aliphatic rings. The molecule has 0 spiro atoms. The summed E-state index contributed by atoms with van der Waals surface area (Å²) in [4.78, 5) is 0. The number of furan rings is 1.